The molecule has 4 atom stereocenters. The number of Topliss-reactive ketones (excluding diaryl/α,β-unsaturated/α-hetero) is 1. The molecule has 4 amide bonds. The number of oxime groups is 1. The SMILES string of the molecule is CCC[C@@H](NC(=O)[C@H]1C[C@]2(CC(c3ccccc3)=NO2)CN1C(=O)[C@@H](NC(C)=O)C(C)(C)C)C(=O)C(=O)NC1CC1. The third kappa shape index (κ3) is 7.12. The van der Waals surface area contributed by atoms with E-state index in [1.807, 2.05) is 58.0 Å². The number of nitrogens with one attached hydrogen (secondary N) is 3. The molecule has 3 N–H and O–H groups in total. The van der Waals surface area contributed by atoms with E-state index in [0.717, 1.165) is 18.4 Å². The lowest BCUT2D eigenvalue weighted by Crippen LogP contribution is -2.59. The lowest BCUT2D eigenvalue weighted by Gasteiger charge is -2.35. The summed E-state index contributed by atoms with van der Waals surface area (Å²) in [6, 6.07) is 6.63. The van der Waals surface area contributed by atoms with Crippen molar-refractivity contribution in [3.63, 3.8) is 0 Å². The van der Waals surface area contributed by atoms with Gasteiger partial charge in [-0.1, -0.05) is 69.6 Å². The highest BCUT2D eigenvalue weighted by molar-refractivity contribution is 6.38. The fourth-order valence-corrected chi connectivity index (χ4v) is 5.40. The molecule has 0 bridgehead atoms. The predicted octanol–water partition coefficient (Wildman–Crippen LogP) is 1.83. The highest BCUT2D eigenvalue weighted by Gasteiger charge is 2.55. The van der Waals surface area contributed by atoms with Gasteiger partial charge in [-0.2, -0.15) is 0 Å². The van der Waals surface area contributed by atoms with Crippen LogP contribution < -0.4 is 16.0 Å². The number of nitrogens with zero attached hydrogens (tertiary/aromatic N) is 2. The maximum Gasteiger partial charge on any atom is 0.289 e. The third-order valence-electron chi connectivity index (χ3n) is 7.74. The average molecular weight is 568 g/mol. The van der Waals surface area contributed by atoms with Gasteiger partial charge in [-0.15, -0.1) is 0 Å². The molecule has 1 aromatic rings. The molecular weight excluding hydrogens is 526 g/mol. The van der Waals surface area contributed by atoms with Gasteiger partial charge in [-0.3, -0.25) is 24.0 Å². The fraction of sp³-hybridized carbons (Fsp3) is 0.600. The molecule has 2 aliphatic heterocycles. The Hall–Kier alpha value is -3.76. The van der Waals surface area contributed by atoms with E-state index in [9.17, 15) is 24.0 Å². The van der Waals surface area contributed by atoms with E-state index in [-0.39, 0.29) is 31.3 Å². The Bertz CT molecular complexity index is 1220. The number of carbonyl (C=O) groups is 5. The topological polar surface area (TPSA) is 146 Å². The number of amides is 4. The Morgan fingerprint density at radius 1 is 1.10 bits per heavy atom. The predicted molar refractivity (Wildman–Crippen MR) is 152 cm³/mol. The monoisotopic (exact) mass is 567 g/mol. The number of hydrogen-bond acceptors (Lipinski definition) is 7. The molecule has 1 saturated heterocycles. The zero-order valence-electron chi connectivity index (χ0n) is 24.5. The largest absolute Gasteiger partial charge is 0.387 e. The van der Waals surface area contributed by atoms with Gasteiger partial charge < -0.3 is 25.7 Å². The first-order chi connectivity index (χ1) is 19.3. The first kappa shape index (κ1) is 30.2. The van der Waals surface area contributed by atoms with Crippen LogP contribution in [0, 0.1) is 5.41 Å². The molecule has 11 heteroatoms. The molecule has 1 spiro atoms. The second kappa shape index (κ2) is 12.0. The highest BCUT2D eigenvalue weighted by Crippen LogP contribution is 2.40. The lowest BCUT2D eigenvalue weighted by atomic mass is 9.85. The minimum atomic E-state index is -1.02. The number of carbonyl (C=O) groups excluding carboxylic acids is 5. The number of benzene rings is 1. The molecule has 41 heavy (non-hydrogen) atoms. The quantitative estimate of drug-likeness (QED) is 0.368. The van der Waals surface area contributed by atoms with Gasteiger partial charge in [-0.05, 0) is 30.2 Å². The number of rotatable bonds is 10. The molecule has 1 aliphatic carbocycles. The van der Waals surface area contributed by atoms with Gasteiger partial charge >= 0.3 is 0 Å². The minimum absolute atomic E-state index is 0.00802. The van der Waals surface area contributed by atoms with E-state index in [0.29, 0.717) is 18.6 Å². The van der Waals surface area contributed by atoms with Gasteiger partial charge in [0.1, 0.15) is 12.1 Å². The molecule has 0 unspecified atom stereocenters. The summed E-state index contributed by atoms with van der Waals surface area (Å²) in [4.78, 5) is 72.8. The Labute approximate surface area is 240 Å². The summed E-state index contributed by atoms with van der Waals surface area (Å²) >= 11 is 0. The van der Waals surface area contributed by atoms with Crippen molar-refractivity contribution in [3.8, 4) is 0 Å². The molecule has 4 rings (SSSR count). The van der Waals surface area contributed by atoms with E-state index < -0.39 is 52.6 Å². The first-order valence-electron chi connectivity index (χ1n) is 14.4. The number of hydrogen-bond donors (Lipinski definition) is 3. The normalized spacial score (nSPS) is 23.3. The number of likely N-dealkylation sites (tertiary alicyclic amines) is 1. The van der Waals surface area contributed by atoms with Crippen molar-refractivity contribution >= 4 is 35.1 Å². The molecule has 2 heterocycles. The second-order valence-electron chi connectivity index (χ2n) is 12.5. The van der Waals surface area contributed by atoms with Gasteiger partial charge in [0.05, 0.1) is 18.3 Å². The van der Waals surface area contributed by atoms with Crippen LogP contribution >= 0.6 is 0 Å². The van der Waals surface area contributed by atoms with Crippen LogP contribution in [0.1, 0.15) is 78.7 Å². The molecule has 2 fully saturated rings. The van der Waals surface area contributed by atoms with Crippen molar-refractivity contribution < 1.29 is 28.8 Å². The van der Waals surface area contributed by atoms with E-state index in [2.05, 4.69) is 21.1 Å². The lowest BCUT2D eigenvalue weighted by molar-refractivity contribution is -0.145. The second-order valence-corrected chi connectivity index (χ2v) is 12.5. The van der Waals surface area contributed by atoms with Crippen LogP contribution in [0.3, 0.4) is 0 Å². The summed E-state index contributed by atoms with van der Waals surface area (Å²) in [6.45, 7) is 8.79. The Morgan fingerprint density at radius 3 is 2.37 bits per heavy atom. The fourth-order valence-electron chi connectivity index (χ4n) is 5.40. The van der Waals surface area contributed by atoms with Gasteiger partial charge in [0.25, 0.3) is 5.91 Å². The van der Waals surface area contributed by atoms with Gasteiger partial charge in [-0.25, -0.2) is 0 Å². The van der Waals surface area contributed by atoms with Crippen molar-refractivity contribution in [2.75, 3.05) is 6.54 Å². The molecule has 3 aliphatic rings. The van der Waals surface area contributed by atoms with Crippen molar-refractivity contribution in [1.29, 1.82) is 0 Å². The van der Waals surface area contributed by atoms with Crippen molar-refractivity contribution in [2.24, 2.45) is 10.6 Å². The van der Waals surface area contributed by atoms with Crippen LogP contribution in [0.15, 0.2) is 35.5 Å². The molecule has 1 aromatic carbocycles. The van der Waals surface area contributed by atoms with Crippen LogP contribution in [-0.4, -0.2) is 76.3 Å². The van der Waals surface area contributed by atoms with Gasteiger partial charge in [0.15, 0.2) is 5.60 Å². The zero-order valence-corrected chi connectivity index (χ0v) is 24.5. The summed E-state index contributed by atoms with van der Waals surface area (Å²) < 4.78 is 0. The van der Waals surface area contributed by atoms with E-state index >= 15 is 0 Å². The van der Waals surface area contributed by atoms with E-state index in [4.69, 9.17) is 4.84 Å². The summed E-state index contributed by atoms with van der Waals surface area (Å²) in [5.74, 6) is -2.74. The Kier molecular flexibility index (Phi) is 8.84. The van der Waals surface area contributed by atoms with Gasteiger partial charge in [0, 0.05) is 25.8 Å². The van der Waals surface area contributed by atoms with Crippen LogP contribution in [0.2, 0.25) is 0 Å². The Balaban J connectivity index is 1.59. The molecule has 11 nitrogen and oxygen atoms in total. The van der Waals surface area contributed by atoms with Crippen molar-refractivity contribution in [1.82, 2.24) is 20.9 Å². The van der Waals surface area contributed by atoms with Crippen LogP contribution in [-0.2, 0) is 28.8 Å². The maximum absolute atomic E-state index is 14.0. The summed E-state index contributed by atoms with van der Waals surface area (Å²) in [6.07, 6.45) is 3.04. The van der Waals surface area contributed by atoms with Crippen LogP contribution in [0.25, 0.3) is 0 Å². The summed E-state index contributed by atoms with van der Waals surface area (Å²) in [5.41, 5.74) is -0.00120. The number of ketones is 1. The van der Waals surface area contributed by atoms with Crippen molar-refractivity contribution in [3.05, 3.63) is 35.9 Å². The molecule has 0 aromatic heterocycles. The van der Waals surface area contributed by atoms with Crippen LogP contribution in [0.5, 0.6) is 0 Å². The third-order valence-corrected chi connectivity index (χ3v) is 7.74. The maximum atomic E-state index is 14.0. The standard InChI is InChI=1S/C30H41N5O6/c1-6-10-21(24(37)27(39)32-20-13-14-20)33-26(38)23-16-30(15-22(34-41-30)19-11-8-7-9-12-19)17-35(23)28(40)25(29(3,4)5)31-18(2)36/h7-9,11-12,20-21,23,25H,6,10,13-17H2,1-5H3,(H,31,36)(H,32,39)(H,33,38)/t21-,23-,25-,30-/m1/s1. The Morgan fingerprint density at radius 2 is 1.78 bits per heavy atom. The summed E-state index contributed by atoms with van der Waals surface area (Å²) in [7, 11) is 0. The van der Waals surface area contributed by atoms with Crippen LogP contribution in [0.4, 0.5) is 0 Å². The first-order valence-corrected chi connectivity index (χ1v) is 14.4. The zero-order chi connectivity index (χ0) is 29.9. The highest BCUT2D eigenvalue weighted by atomic mass is 16.7. The molecule has 0 radical (unpaired) electrons. The molecule has 222 valence electrons. The average Bonchev–Trinajstić information content (AvgIpc) is 3.51. The molecular formula is C30H41N5O6. The smallest absolute Gasteiger partial charge is 0.289 e. The van der Waals surface area contributed by atoms with Gasteiger partial charge in [0.2, 0.25) is 23.5 Å². The minimum Gasteiger partial charge on any atom is -0.387 e. The summed E-state index contributed by atoms with van der Waals surface area (Å²) in [5, 5.41) is 12.5. The van der Waals surface area contributed by atoms with E-state index in [1.165, 1.54) is 11.8 Å². The van der Waals surface area contributed by atoms with Crippen molar-refractivity contribution in [2.45, 2.75) is 103 Å². The van der Waals surface area contributed by atoms with E-state index in [1.54, 1.807) is 0 Å². The molecule has 1 saturated carbocycles.